The summed E-state index contributed by atoms with van der Waals surface area (Å²) in [5.41, 5.74) is 2.42. The molecule has 1 amide bonds. The number of hydrogen-bond donors (Lipinski definition) is 0. The van der Waals surface area contributed by atoms with Gasteiger partial charge in [-0.15, -0.1) is 0 Å². The van der Waals surface area contributed by atoms with Crippen LogP contribution in [0.1, 0.15) is 81.4 Å². The highest BCUT2D eigenvalue weighted by Crippen LogP contribution is 2.40. The van der Waals surface area contributed by atoms with Crippen LogP contribution in [0.5, 0.6) is 0 Å². The first-order valence-electron chi connectivity index (χ1n) is 14.0. The van der Waals surface area contributed by atoms with Crippen molar-refractivity contribution in [3.05, 3.63) is 35.0 Å². The minimum Gasteiger partial charge on any atom is -0.458 e. The number of amides is 1. The summed E-state index contributed by atoms with van der Waals surface area (Å²) in [6, 6.07) is 4.73. The molecular weight excluding hydrogens is 504 g/mol. The third kappa shape index (κ3) is 5.11. The van der Waals surface area contributed by atoms with E-state index in [1.165, 1.54) is 3.97 Å². The summed E-state index contributed by atoms with van der Waals surface area (Å²) >= 11 is 0. The molecule has 2 aliphatic heterocycles. The molecule has 208 valence electrons. The molecule has 0 saturated carbocycles. The minimum absolute atomic E-state index is 0.0125. The van der Waals surface area contributed by atoms with E-state index in [1.54, 1.807) is 24.0 Å². The molecule has 0 radical (unpaired) electrons. The Labute approximate surface area is 225 Å². The Morgan fingerprint density at radius 2 is 1.82 bits per heavy atom. The highest BCUT2D eigenvalue weighted by Gasteiger charge is 2.38. The van der Waals surface area contributed by atoms with E-state index in [1.807, 2.05) is 26.8 Å². The Bertz CT molecular complexity index is 1330. The number of nitrogens with zero attached hydrogens (tertiary/aromatic N) is 2. The second-order valence-corrected chi connectivity index (χ2v) is 14.1. The number of fused-ring (bicyclic) bond motifs is 3. The van der Waals surface area contributed by atoms with Crippen molar-refractivity contribution in [2.45, 2.75) is 84.3 Å². The van der Waals surface area contributed by atoms with E-state index in [2.05, 4.69) is 0 Å². The van der Waals surface area contributed by atoms with Gasteiger partial charge in [0.05, 0.1) is 11.3 Å². The van der Waals surface area contributed by atoms with Gasteiger partial charge in [0, 0.05) is 36.4 Å². The first kappa shape index (κ1) is 27.2. The van der Waals surface area contributed by atoms with Crippen LogP contribution in [0.4, 0.5) is 0 Å². The molecule has 8 nitrogen and oxygen atoms in total. The summed E-state index contributed by atoms with van der Waals surface area (Å²) in [7, 11) is -3.51. The SMILES string of the molecule is CCS(=O)(=O)n1c2c(c3cc(C(=O)N4CCC[C@@H]4C(=O)OC(C)(C)C)ccc31)CC(C1CCOCC1)CC2. The largest absolute Gasteiger partial charge is 0.458 e. The number of rotatable bonds is 5. The summed E-state index contributed by atoms with van der Waals surface area (Å²) in [6.45, 7) is 9.21. The highest BCUT2D eigenvalue weighted by molar-refractivity contribution is 7.90. The molecule has 2 atom stereocenters. The van der Waals surface area contributed by atoms with Crippen molar-refractivity contribution in [1.29, 1.82) is 0 Å². The lowest BCUT2D eigenvalue weighted by atomic mass is 9.75. The van der Waals surface area contributed by atoms with Crippen LogP contribution in [0, 0.1) is 11.8 Å². The van der Waals surface area contributed by atoms with E-state index >= 15 is 0 Å². The Morgan fingerprint density at radius 3 is 2.50 bits per heavy atom. The molecule has 9 heteroatoms. The molecule has 1 unspecified atom stereocenters. The Morgan fingerprint density at radius 1 is 1.08 bits per heavy atom. The Balaban J connectivity index is 1.52. The van der Waals surface area contributed by atoms with Crippen LogP contribution in [0.15, 0.2) is 18.2 Å². The molecule has 5 rings (SSSR count). The molecular formula is C29H40N2O6S. The second kappa shape index (κ2) is 10.3. The van der Waals surface area contributed by atoms with Gasteiger partial charge in [0.1, 0.15) is 11.6 Å². The van der Waals surface area contributed by atoms with Crippen molar-refractivity contribution < 1.29 is 27.5 Å². The Kier molecular flexibility index (Phi) is 7.37. The quantitative estimate of drug-likeness (QED) is 0.521. The van der Waals surface area contributed by atoms with Crippen LogP contribution in [-0.4, -0.2) is 66.3 Å². The summed E-state index contributed by atoms with van der Waals surface area (Å²) < 4.78 is 39.1. The Hall–Kier alpha value is -2.39. The molecule has 1 aliphatic carbocycles. The van der Waals surface area contributed by atoms with Crippen LogP contribution in [-0.2, 0) is 37.1 Å². The van der Waals surface area contributed by atoms with Crippen molar-refractivity contribution in [2.24, 2.45) is 11.8 Å². The molecule has 2 saturated heterocycles. The molecule has 2 aromatic rings. The average molecular weight is 545 g/mol. The van der Waals surface area contributed by atoms with Gasteiger partial charge in [-0.2, -0.15) is 0 Å². The van der Waals surface area contributed by atoms with E-state index in [4.69, 9.17) is 9.47 Å². The fourth-order valence-corrected chi connectivity index (χ4v) is 7.76. The summed E-state index contributed by atoms with van der Waals surface area (Å²) in [6.07, 6.45) is 5.88. The average Bonchev–Trinajstić information content (AvgIpc) is 3.50. The fourth-order valence-electron chi connectivity index (χ4n) is 6.50. The first-order valence-corrected chi connectivity index (χ1v) is 15.6. The third-order valence-electron chi connectivity index (χ3n) is 8.37. The third-order valence-corrected chi connectivity index (χ3v) is 10.1. The molecule has 3 heterocycles. The zero-order valence-electron chi connectivity index (χ0n) is 23.0. The number of benzene rings is 1. The number of esters is 1. The first-order chi connectivity index (χ1) is 18.0. The van der Waals surface area contributed by atoms with Gasteiger partial charge in [0.25, 0.3) is 5.91 Å². The summed E-state index contributed by atoms with van der Waals surface area (Å²) in [4.78, 5) is 28.2. The van der Waals surface area contributed by atoms with E-state index in [9.17, 15) is 18.0 Å². The maximum atomic E-state index is 13.7. The highest BCUT2D eigenvalue weighted by atomic mass is 32.2. The van der Waals surface area contributed by atoms with E-state index < -0.39 is 21.7 Å². The van der Waals surface area contributed by atoms with E-state index in [0.717, 1.165) is 62.0 Å². The molecule has 0 bridgehead atoms. The maximum absolute atomic E-state index is 13.7. The zero-order valence-corrected chi connectivity index (χ0v) is 23.8. The number of likely N-dealkylation sites (tertiary alicyclic amines) is 1. The van der Waals surface area contributed by atoms with Gasteiger partial charge < -0.3 is 14.4 Å². The molecule has 2 fully saturated rings. The molecule has 1 aromatic heterocycles. The molecule has 1 aromatic carbocycles. The summed E-state index contributed by atoms with van der Waals surface area (Å²) in [5, 5.41) is 0.840. The van der Waals surface area contributed by atoms with E-state index in [0.29, 0.717) is 42.3 Å². The van der Waals surface area contributed by atoms with Gasteiger partial charge in [-0.05, 0) is 108 Å². The lowest BCUT2D eigenvalue weighted by Crippen LogP contribution is -2.43. The van der Waals surface area contributed by atoms with Crippen LogP contribution < -0.4 is 0 Å². The van der Waals surface area contributed by atoms with Gasteiger partial charge >= 0.3 is 5.97 Å². The van der Waals surface area contributed by atoms with Crippen LogP contribution >= 0.6 is 0 Å². The van der Waals surface area contributed by atoms with Crippen molar-refractivity contribution in [3.8, 4) is 0 Å². The number of ether oxygens (including phenoxy) is 2. The van der Waals surface area contributed by atoms with Crippen LogP contribution in [0.2, 0.25) is 0 Å². The fraction of sp³-hybridized carbons (Fsp3) is 0.655. The second-order valence-electron chi connectivity index (χ2n) is 12.0. The maximum Gasteiger partial charge on any atom is 0.329 e. The smallest absolute Gasteiger partial charge is 0.329 e. The van der Waals surface area contributed by atoms with Crippen molar-refractivity contribution >= 4 is 32.8 Å². The van der Waals surface area contributed by atoms with Crippen molar-refractivity contribution in [2.75, 3.05) is 25.5 Å². The standard InChI is InChI=1S/C29H40N2O6S/c1-5-38(34,35)31-24-10-8-20(19-12-15-36-16-13-19)17-22(24)23-18-21(9-11-25(23)31)27(32)30-14-6-7-26(30)28(33)37-29(2,3)4/h9,11,18-20,26H,5-8,10,12-17H2,1-4H3/t20?,26-/m1/s1. The van der Waals surface area contributed by atoms with Crippen molar-refractivity contribution in [1.82, 2.24) is 8.87 Å². The van der Waals surface area contributed by atoms with Gasteiger partial charge in [-0.1, -0.05) is 0 Å². The lowest BCUT2D eigenvalue weighted by molar-refractivity contribution is -0.159. The minimum atomic E-state index is -3.51. The number of carbonyl (C=O) groups excluding carboxylic acids is 2. The lowest BCUT2D eigenvalue weighted by Gasteiger charge is -2.33. The van der Waals surface area contributed by atoms with Crippen LogP contribution in [0.3, 0.4) is 0 Å². The molecule has 0 N–H and O–H groups in total. The van der Waals surface area contributed by atoms with Gasteiger partial charge in [0.15, 0.2) is 0 Å². The molecule has 38 heavy (non-hydrogen) atoms. The zero-order chi connectivity index (χ0) is 27.2. The molecule has 3 aliphatic rings. The number of hydrogen-bond acceptors (Lipinski definition) is 6. The predicted octanol–water partition coefficient (Wildman–Crippen LogP) is 4.32. The predicted molar refractivity (Wildman–Crippen MR) is 146 cm³/mol. The van der Waals surface area contributed by atoms with Crippen LogP contribution in [0.25, 0.3) is 10.9 Å². The topological polar surface area (TPSA) is 94.9 Å². The normalized spacial score (nSPS) is 23.0. The van der Waals surface area contributed by atoms with Gasteiger partial charge in [-0.3, -0.25) is 4.79 Å². The number of aromatic nitrogens is 1. The van der Waals surface area contributed by atoms with E-state index in [-0.39, 0.29) is 17.6 Å². The van der Waals surface area contributed by atoms with Gasteiger partial charge in [-0.25, -0.2) is 17.2 Å². The van der Waals surface area contributed by atoms with Gasteiger partial charge in [0.2, 0.25) is 10.0 Å². The number of carbonyl (C=O) groups is 2. The monoisotopic (exact) mass is 544 g/mol. The summed E-state index contributed by atoms with van der Waals surface area (Å²) in [5.74, 6) is 0.475. The molecule has 0 spiro atoms. The van der Waals surface area contributed by atoms with Crippen molar-refractivity contribution in [3.63, 3.8) is 0 Å².